The number of amides is 1. The van der Waals surface area contributed by atoms with Gasteiger partial charge in [-0.2, -0.15) is 5.10 Å². The van der Waals surface area contributed by atoms with Gasteiger partial charge in [0.25, 0.3) is 5.91 Å². The topological polar surface area (TPSA) is 86.4 Å². The largest absolute Gasteiger partial charge is 0.463 e. The van der Waals surface area contributed by atoms with E-state index in [1.54, 1.807) is 31.7 Å². The maximum absolute atomic E-state index is 11.5. The van der Waals surface area contributed by atoms with Crippen LogP contribution in [-0.2, 0) is 13.5 Å². The van der Waals surface area contributed by atoms with Crippen molar-refractivity contribution >= 4 is 17.8 Å². The Morgan fingerprint density at radius 2 is 2.42 bits per heavy atom. The maximum Gasteiger partial charge on any atom is 0.269 e. The molecule has 0 aliphatic heterocycles. The highest BCUT2D eigenvalue weighted by molar-refractivity contribution is 5.97. The number of aromatic nitrogens is 2. The van der Waals surface area contributed by atoms with Crippen molar-refractivity contribution < 1.29 is 9.21 Å². The van der Waals surface area contributed by atoms with E-state index in [9.17, 15) is 4.79 Å². The van der Waals surface area contributed by atoms with Crippen molar-refractivity contribution in [1.82, 2.24) is 9.78 Å². The van der Waals surface area contributed by atoms with Crippen LogP contribution in [0.2, 0.25) is 0 Å². The molecule has 19 heavy (non-hydrogen) atoms. The van der Waals surface area contributed by atoms with E-state index in [1.165, 1.54) is 4.68 Å². The van der Waals surface area contributed by atoms with Gasteiger partial charge < -0.3 is 10.2 Å². The Morgan fingerprint density at radius 3 is 3.00 bits per heavy atom. The zero-order valence-electron chi connectivity index (χ0n) is 11.0. The third kappa shape index (κ3) is 2.73. The fourth-order valence-electron chi connectivity index (χ4n) is 1.88. The maximum atomic E-state index is 11.5. The van der Waals surface area contributed by atoms with E-state index in [0.29, 0.717) is 17.1 Å². The second-order valence-electron chi connectivity index (χ2n) is 4.16. The average Bonchev–Trinajstić information content (AvgIpc) is 2.95. The lowest BCUT2D eigenvalue weighted by atomic mass is 10.2. The van der Waals surface area contributed by atoms with Crippen LogP contribution < -0.4 is 5.73 Å². The first-order valence-electron chi connectivity index (χ1n) is 6.06. The van der Waals surface area contributed by atoms with Crippen molar-refractivity contribution in [3.05, 3.63) is 35.5 Å². The van der Waals surface area contributed by atoms with Crippen molar-refractivity contribution in [2.75, 3.05) is 0 Å². The summed E-state index contributed by atoms with van der Waals surface area (Å²) in [6.07, 6.45) is 4.78. The van der Waals surface area contributed by atoms with Crippen LogP contribution in [0, 0.1) is 0 Å². The highest BCUT2D eigenvalue weighted by Gasteiger charge is 2.18. The van der Waals surface area contributed by atoms with Crippen LogP contribution >= 0.6 is 0 Å². The molecular weight excluding hydrogens is 244 g/mol. The Balaban J connectivity index is 2.43. The third-order valence-corrected chi connectivity index (χ3v) is 2.68. The predicted octanol–water partition coefficient (Wildman–Crippen LogP) is 1.82. The molecule has 0 aliphatic rings. The number of aliphatic imine (C=N–C) groups is 1. The second-order valence-corrected chi connectivity index (χ2v) is 4.16. The fraction of sp³-hybridized carbons (Fsp3) is 0.308. The van der Waals surface area contributed by atoms with Gasteiger partial charge in [-0.15, -0.1) is 0 Å². The van der Waals surface area contributed by atoms with Gasteiger partial charge in [0.05, 0.1) is 18.2 Å². The number of furan rings is 1. The van der Waals surface area contributed by atoms with Crippen molar-refractivity contribution in [3.63, 3.8) is 0 Å². The lowest BCUT2D eigenvalue weighted by molar-refractivity contribution is 0.0992. The van der Waals surface area contributed by atoms with E-state index in [1.807, 2.05) is 6.92 Å². The number of rotatable bonds is 5. The summed E-state index contributed by atoms with van der Waals surface area (Å²) in [5.74, 6) is 0.0747. The molecule has 0 unspecified atom stereocenters. The summed E-state index contributed by atoms with van der Waals surface area (Å²) in [7, 11) is 1.69. The number of aryl methyl sites for hydroxylation is 2. The van der Waals surface area contributed by atoms with E-state index >= 15 is 0 Å². The molecule has 2 N–H and O–H groups in total. The van der Waals surface area contributed by atoms with Gasteiger partial charge in [-0.25, -0.2) is 4.99 Å². The molecule has 0 fully saturated rings. The molecule has 0 saturated heterocycles. The summed E-state index contributed by atoms with van der Waals surface area (Å²) in [4.78, 5) is 15.8. The van der Waals surface area contributed by atoms with Crippen molar-refractivity contribution in [2.45, 2.75) is 19.8 Å². The Kier molecular flexibility index (Phi) is 3.79. The molecule has 100 valence electrons. The van der Waals surface area contributed by atoms with E-state index < -0.39 is 5.91 Å². The van der Waals surface area contributed by atoms with Crippen molar-refractivity contribution in [1.29, 1.82) is 0 Å². The molecule has 0 aromatic carbocycles. The van der Waals surface area contributed by atoms with Gasteiger partial charge in [0.15, 0.2) is 5.69 Å². The molecule has 1 amide bonds. The summed E-state index contributed by atoms with van der Waals surface area (Å²) in [6, 6.07) is 3.55. The monoisotopic (exact) mass is 260 g/mol. The molecule has 6 heteroatoms. The first kappa shape index (κ1) is 13.1. The van der Waals surface area contributed by atoms with Crippen LogP contribution in [0.1, 0.15) is 35.3 Å². The Labute approximate surface area is 110 Å². The standard InChI is InChI=1S/C13H16N4O2/c1-3-5-10-11(12(13(14)18)17(2)16-10)15-8-9-6-4-7-19-9/h4,6-8H,3,5H2,1-2H3,(H2,14,18). The number of carbonyl (C=O) groups excluding carboxylic acids is 1. The summed E-state index contributed by atoms with van der Waals surface area (Å²) in [6.45, 7) is 2.04. The highest BCUT2D eigenvalue weighted by atomic mass is 16.3. The zero-order chi connectivity index (χ0) is 13.8. The number of hydrogen-bond donors (Lipinski definition) is 1. The fourth-order valence-corrected chi connectivity index (χ4v) is 1.88. The third-order valence-electron chi connectivity index (χ3n) is 2.68. The number of nitrogens with two attached hydrogens (primary N) is 1. The lowest BCUT2D eigenvalue weighted by Gasteiger charge is -1.97. The molecule has 2 heterocycles. The second kappa shape index (κ2) is 5.51. The first-order valence-corrected chi connectivity index (χ1v) is 6.06. The molecule has 0 spiro atoms. The van der Waals surface area contributed by atoms with Crippen molar-refractivity contribution in [3.8, 4) is 0 Å². The average molecular weight is 260 g/mol. The Morgan fingerprint density at radius 1 is 1.63 bits per heavy atom. The molecular formula is C13H16N4O2. The van der Waals surface area contributed by atoms with Crippen LogP contribution in [-0.4, -0.2) is 21.9 Å². The Bertz CT molecular complexity index is 596. The normalized spacial score (nSPS) is 11.3. The molecule has 0 radical (unpaired) electrons. The molecule has 0 bridgehead atoms. The minimum atomic E-state index is -0.538. The minimum Gasteiger partial charge on any atom is -0.463 e. The van der Waals surface area contributed by atoms with Gasteiger partial charge in [0.1, 0.15) is 11.4 Å². The Hall–Kier alpha value is -2.37. The predicted molar refractivity (Wildman–Crippen MR) is 71.7 cm³/mol. The zero-order valence-corrected chi connectivity index (χ0v) is 11.0. The molecule has 0 atom stereocenters. The molecule has 2 aromatic rings. The summed E-state index contributed by atoms with van der Waals surface area (Å²) < 4.78 is 6.64. The summed E-state index contributed by atoms with van der Waals surface area (Å²) in [5, 5.41) is 4.29. The van der Waals surface area contributed by atoms with E-state index in [-0.39, 0.29) is 0 Å². The van der Waals surface area contributed by atoms with Crippen LogP contribution in [0.3, 0.4) is 0 Å². The first-order chi connectivity index (χ1) is 9.13. The molecule has 2 aromatic heterocycles. The van der Waals surface area contributed by atoms with Gasteiger partial charge in [-0.05, 0) is 18.6 Å². The van der Waals surface area contributed by atoms with Gasteiger partial charge in [0, 0.05) is 7.05 Å². The van der Waals surface area contributed by atoms with Gasteiger partial charge in [-0.3, -0.25) is 9.48 Å². The van der Waals surface area contributed by atoms with Crippen LogP contribution in [0.4, 0.5) is 5.69 Å². The number of carbonyl (C=O) groups is 1. The van der Waals surface area contributed by atoms with Crippen LogP contribution in [0.5, 0.6) is 0 Å². The smallest absolute Gasteiger partial charge is 0.269 e. The molecule has 6 nitrogen and oxygen atoms in total. The highest BCUT2D eigenvalue weighted by Crippen LogP contribution is 2.24. The number of primary amides is 1. The van der Waals surface area contributed by atoms with E-state index in [4.69, 9.17) is 10.2 Å². The van der Waals surface area contributed by atoms with E-state index in [0.717, 1.165) is 18.5 Å². The van der Waals surface area contributed by atoms with Gasteiger partial charge in [0.2, 0.25) is 0 Å². The van der Waals surface area contributed by atoms with E-state index in [2.05, 4.69) is 10.1 Å². The van der Waals surface area contributed by atoms with Crippen molar-refractivity contribution in [2.24, 2.45) is 17.8 Å². The molecule has 2 rings (SSSR count). The SMILES string of the molecule is CCCc1nn(C)c(C(N)=O)c1N=Cc1ccco1. The van der Waals surface area contributed by atoms with Gasteiger partial charge in [-0.1, -0.05) is 13.3 Å². The quantitative estimate of drug-likeness (QED) is 0.832. The molecule has 0 saturated carbocycles. The van der Waals surface area contributed by atoms with Gasteiger partial charge >= 0.3 is 0 Å². The van der Waals surface area contributed by atoms with Crippen LogP contribution in [0.15, 0.2) is 27.8 Å². The number of nitrogens with zero attached hydrogens (tertiary/aromatic N) is 3. The summed E-state index contributed by atoms with van der Waals surface area (Å²) >= 11 is 0. The number of hydrogen-bond acceptors (Lipinski definition) is 4. The van der Waals surface area contributed by atoms with Crippen LogP contribution in [0.25, 0.3) is 0 Å². The minimum absolute atomic E-state index is 0.311. The molecule has 0 aliphatic carbocycles. The summed E-state index contributed by atoms with van der Waals surface area (Å²) in [5.41, 5.74) is 6.98. The lowest BCUT2D eigenvalue weighted by Crippen LogP contribution is -2.15.